The summed E-state index contributed by atoms with van der Waals surface area (Å²) in [5, 5.41) is 0.667. The minimum atomic E-state index is -0.365. The van der Waals surface area contributed by atoms with Gasteiger partial charge in [0.15, 0.2) is 0 Å². The molecule has 0 saturated heterocycles. The quantitative estimate of drug-likeness (QED) is 0.784. The zero-order valence-corrected chi connectivity index (χ0v) is 13.6. The molecule has 0 aliphatic rings. The van der Waals surface area contributed by atoms with Crippen LogP contribution in [0, 0.1) is 5.92 Å². The average Bonchev–Trinajstić information content (AvgIpc) is 2.76. The van der Waals surface area contributed by atoms with Crippen molar-refractivity contribution in [3.63, 3.8) is 0 Å². The number of carbonyl (C=O) groups excluding carboxylic acids is 1. The van der Waals surface area contributed by atoms with Gasteiger partial charge in [0.25, 0.3) is 0 Å². The van der Waals surface area contributed by atoms with Crippen LogP contribution < -0.4 is 0 Å². The van der Waals surface area contributed by atoms with Gasteiger partial charge in [-0.05, 0) is 38.0 Å². The first-order chi connectivity index (χ1) is 9.99. The summed E-state index contributed by atoms with van der Waals surface area (Å²) < 4.78 is 7.27. The number of imidazole rings is 1. The smallest absolute Gasteiger partial charge is 0.316 e. The first-order valence-electron chi connectivity index (χ1n) is 7.31. The number of hydrogen-bond acceptors (Lipinski definition) is 3. The number of nitrogens with zero attached hydrogens (tertiary/aromatic N) is 2. The molecule has 0 N–H and O–H groups in total. The Balaban J connectivity index is 2.59. The molecule has 1 aromatic carbocycles. The fraction of sp³-hybridized carbons (Fsp3) is 0.500. The van der Waals surface area contributed by atoms with E-state index in [0.717, 1.165) is 23.4 Å². The zero-order chi connectivity index (χ0) is 15.6. The van der Waals surface area contributed by atoms with E-state index in [1.807, 2.05) is 50.5 Å². The molecular formula is C16H21ClN2O2. The molecule has 4 nitrogen and oxygen atoms in total. The highest BCUT2D eigenvalue weighted by molar-refractivity contribution is 6.31. The molecule has 0 fully saturated rings. The van der Waals surface area contributed by atoms with Gasteiger partial charge in [0.1, 0.15) is 11.7 Å². The molecular weight excluding hydrogens is 288 g/mol. The van der Waals surface area contributed by atoms with Crippen molar-refractivity contribution in [2.75, 3.05) is 6.61 Å². The van der Waals surface area contributed by atoms with Crippen molar-refractivity contribution in [3.8, 4) is 0 Å². The van der Waals surface area contributed by atoms with Gasteiger partial charge in [-0.3, -0.25) is 4.79 Å². The predicted octanol–water partition coefficient (Wildman–Crippen LogP) is 4.01. The van der Waals surface area contributed by atoms with Crippen LogP contribution in [0.5, 0.6) is 0 Å². The van der Waals surface area contributed by atoms with E-state index in [1.54, 1.807) is 0 Å². The molecule has 2 rings (SSSR count). The molecule has 21 heavy (non-hydrogen) atoms. The second-order valence-corrected chi connectivity index (χ2v) is 5.76. The number of halogens is 1. The summed E-state index contributed by atoms with van der Waals surface area (Å²) in [5.41, 5.74) is 1.81. The molecule has 0 bridgehead atoms. The summed E-state index contributed by atoms with van der Waals surface area (Å²) in [6, 6.07) is 5.59. The number of hydrogen-bond donors (Lipinski definition) is 0. The van der Waals surface area contributed by atoms with Crippen molar-refractivity contribution in [1.29, 1.82) is 0 Å². The molecule has 1 heterocycles. The van der Waals surface area contributed by atoms with E-state index >= 15 is 0 Å². The van der Waals surface area contributed by atoms with Gasteiger partial charge >= 0.3 is 5.97 Å². The highest BCUT2D eigenvalue weighted by Gasteiger charge is 2.30. The molecule has 0 aliphatic heterocycles. The summed E-state index contributed by atoms with van der Waals surface area (Å²) in [6.07, 6.45) is 0. The molecule has 114 valence electrons. The summed E-state index contributed by atoms with van der Waals surface area (Å²) >= 11 is 6.08. The number of aromatic nitrogens is 2. The van der Waals surface area contributed by atoms with Gasteiger partial charge in [-0.1, -0.05) is 25.4 Å². The molecule has 0 aliphatic carbocycles. The maximum Gasteiger partial charge on any atom is 0.316 e. The lowest BCUT2D eigenvalue weighted by Gasteiger charge is -2.19. The number of fused-ring (bicyclic) bond motifs is 1. The van der Waals surface area contributed by atoms with Gasteiger partial charge in [0, 0.05) is 11.6 Å². The minimum absolute atomic E-state index is 0.113. The van der Waals surface area contributed by atoms with Crippen LogP contribution in [0.2, 0.25) is 5.02 Å². The number of esters is 1. The lowest BCUT2D eigenvalue weighted by Crippen LogP contribution is -2.24. The Kier molecular flexibility index (Phi) is 4.88. The minimum Gasteiger partial charge on any atom is -0.465 e. The number of aryl methyl sites for hydroxylation is 1. The van der Waals surface area contributed by atoms with Crippen molar-refractivity contribution >= 4 is 28.6 Å². The molecule has 1 unspecified atom stereocenters. The first-order valence-corrected chi connectivity index (χ1v) is 7.69. The standard InChI is InChI=1S/C16H21ClN2O2/c1-5-19-13-9-11(17)7-8-12(13)18-15(19)14(10(3)4)16(20)21-6-2/h7-10,14H,5-6H2,1-4H3. The maximum atomic E-state index is 12.3. The number of carbonyl (C=O) groups is 1. The summed E-state index contributed by atoms with van der Waals surface area (Å²) in [5.74, 6) is 0.282. The Hall–Kier alpha value is -1.55. The summed E-state index contributed by atoms with van der Waals surface area (Å²) in [7, 11) is 0. The number of benzene rings is 1. The molecule has 2 aromatic rings. The van der Waals surface area contributed by atoms with E-state index in [-0.39, 0.29) is 17.8 Å². The fourth-order valence-electron chi connectivity index (χ4n) is 2.59. The monoisotopic (exact) mass is 308 g/mol. The normalized spacial score (nSPS) is 12.9. The van der Waals surface area contributed by atoms with Crippen LogP contribution in [0.3, 0.4) is 0 Å². The van der Waals surface area contributed by atoms with Gasteiger partial charge in [0.2, 0.25) is 0 Å². The zero-order valence-electron chi connectivity index (χ0n) is 12.9. The molecule has 5 heteroatoms. The van der Waals surface area contributed by atoms with Crippen molar-refractivity contribution < 1.29 is 9.53 Å². The molecule has 0 amide bonds. The Morgan fingerprint density at radius 3 is 2.67 bits per heavy atom. The van der Waals surface area contributed by atoms with Crippen molar-refractivity contribution in [2.45, 2.75) is 40.2 Å². The third-order valence-electron chi connectivity index (χ3n) is 3.54. The summed E-state index contributed by atoms with van der Waals surface area (Å²) in [4.78, 5) is 16.9. The average molecular weight is 309 g/mol. The molecule has 0 saturated carbocycles. The van der Waals surface area contributed by atoms with Crippen LogP contribution in [0.25, 0.3) is 11.0 Å². The van der Waals surface area contributed by atoms with Crippen LogP contribution in [0.4, 0.5) is 0 Å². The topological polar surface area (TPSA) is 44.1 Å². The van der Waals surface area contributed by atoms with Crippen LogP contribution in [-0.4, -0.2) is 22.1 Å². The van der Waals surface area contributed by atoms with E-state index in [4.69, 9.17) is 16.3 Å². The van der Waals surface area contributed by atoms with Crippen molar-refractivity contribution in [3.05, 3.63) is 29.0 Å². The fourth-order valence-corrected chi connectivity index (χ4v) is 2.76. The predicted molar refractivity (Wildman–Crippen MR) is 84.6 cm³/mol. The van der Waals surface area contributed by atoms with Gasteiger partial charge in [0.05, 0.1) is 17.6 Å². The molecule has 0 spiro atoms. The third kappa shape index (κ3) is 3.05. The lowest BCUT2D eigenvalue weighted by atomic mass is 9.95. The van der Waals surface area contributed by atoms with E-state index in [9.17, 15) is 4.79 Å². The van der Waals surface area contributed by atoms with Gasteiger partial charge in [-0.2, -0.15) is 0 Å². The molecule has 1 aromatic heterocycles. The van der Waals surface area contributed by atoms with E-state index < -0.39 is 0 Å². The Morgan fingerprint density at radius 1 is 1.38 bits per heavy atom. The molecule has 0 radical (unpaired) electrons. The highest BCUT2D eigenvalue weighted by Crippen LogP contribution is 2.30. The van der Waals surface area contributed by atoms with Crippen LogP contribution in [-0.2, 0) is 16.1 Å². The maximum absolute atomic E-state index is 12.3. The second kappa shape index (κ2) is 6.48. The van der Waals surface area contributed by atoms with Gasteiger partial charge < -0.3 is 9.30 Å². The van der Waals surface area contributed by atoms with Gasteiger partial charge in [-0.15, -0.1) is 0 Å². The largest absolute Gasteiger partial charge is 0.465 e. The Morgan fingerprint density at radius 2 is 2.10 bits per heavy atom. The van der Waals surface area contributed by atoms with Crippen LogP contribution in [0.1, 0.15) is 39.4 Å². The van der Waals surface area contributed by atoms with Gasteiger partial charge in [-0.25, -0.2) is 4.98 Å². The van der Waals surface area contributed by atoms with E-state index in [0.29, 0.717) is 11.6 Å². The lowest BCUT2D eigenvalue weighted by molar-refractivity contribution is -0.146. The van der Waals surface area contributed by atoms with E-state index in [2.05, 4.69) is 4.98 Å². The Bertz CT molecular complexity index is 649. The number of ether oxygens (including phenoxy) is 1. The molecule has 1 atom stereocenters. The Labute approximate surface area is 130 Å². The second-order valence-electron chi connectivity index (χ2n) is 5.32. The highest BCUT2D eigenvalue weighted by atomic mass is 35.5. The third-order valence-corrected chi connectivity index (χ3v) is 3.78. The van der Waals surface area contributed by atoms with Crippen LogP contribution in [0.15, 0.2) is 18.2 Å². The number of rotatable bonds is 5. The first kappa shape index (κ1) is 15.8. The van der Waals surface area contributed by atoms with Crippen LogP contribution >= 0.6 is 11.6 Å². The van der Waals surface area contributed by atoms with Crippen molar-refractivity contribution in [1.82, 2.24) is 9.55 Å². The summed E-state index contributed by atoms with van der Waals surface area (Å²) in [6.45, 7) is 8.97. The SMILES string of the molecule is CCOC(=O)C(c1nc2ccc(Cl)cc2n1CC)C(C)C. The van der Waals surface area contributed by atoms with Crippen molar-refractivity contribution in [2.24, 2.45) is 5.92 Å². The van der Waals surface area contributed by atoms with E-state index in [1.165, 1.54) is 0 Å².